The van der Waals surface area contributed by atoms with Crippen molar-refractivity contribution in [2.75, 3.05) is 0 Å². The molecule has 0 amide bonds. The molecule has 0 unspecified atom stereocenters. The van der Waals surface area contributed by atoms with E-state index >= 15 is 0 Å². The molecule has 7 nitrogen and oxygen atoms in total. The number of oxime groups is 1. The van der Waals surface area contributed by atoms with Crippen molar-refractivity contribution < 1.29 is 9.36 Å². The van der Waals surface area contributed by atoms with Gasteiger partial charge < -0.3 is 9.36 Å². The number of aromatic nitrogens is 2. The molecule has 0 aliphatic rings. The first-order valence-electron chi connectivity index (χ1n) is 5.21. The van der Waals surface area contributed by atoms with Gasteiger partial charge in [-0.05, 0) is 0 Å². The molecule has 1 heterocycles. The monoisotopic (exact) mass is 253 g/mol. The molecule has 0 aliphatic heterocycles. The fraction of sp³-hybridized carbons (Fsp3) is 0.0833. The maximum Gasteiger partial charge on any atom is 0.267 e. The summed E-state index contributed by atoms with van der Waals surface area (Å²) < 4.78 is 4.95. The van der Waals surface area contributed by atoms with E-state index in [2.05, 4.69) is 15.3 Å². The van der Waals surface area contributed by atoms with E-state index in [1.54, 1.807) is 12.1 Å². The Morgan fingerprint density at radius 3 is 2.68 bits per heavy atom. The summed E-state index contributed by atoms with van der Waals surface area (Å²) in [5.41, 5.74) is 0.443. The third-order valence-electron chi connectivity index (χ3n) is 2.06. The van der Waals surface area contributed by atoms with Crippen molar-refractivity contribution in [3.05, 3.63) is 36.2 Å². The minimum Gasteiger partial charge on any atom is -0.384 e. The highest BCUT2D eigenvalue weighted by molar-refractivity contribution is 6.09. The van der Waals surface area contributed by atoms with Crippen LogP contribution in [0.15, 0.2) is 40.0 Å². The molecule has 0 fully saturated rings. The lowest BCUT2D eigenvalue weighted by Crippen LogP contribution is -1.93. The predicted molar refractivity (Wildman–Crippen MR) is 63.2 cm³/mol. The van der Waals surface area contributed by atoms with E-state index in [-0.39, 0.29) is 18.2 Å². The topological polar surface area (TPSA) is 108 Å². The SMILES string of the molecule is N#CC(C#N)=NOCc1nc(-c2ccccc2)no1. The van der Waals surface area contributed by atoms with Crippen LogP contribution in [0.3, 0.4) is 0 Å². The molecular weight excluding hydrogens is 246 g/mol. The number of nitrogens with zero attached hydrogens (tertiary/aromatic N) is 5. The van der Waals surface area contributed by atoms with Crippen LogP contribution in [-0.2, 0) is 11.4 Å². The van der Waals surface area contributed by atoms with Gasteiger partial charge in [0.05, 0.1) is 0 Å². The second kappa shape index (κ2) is 5.94. The minimum absolute atomic E-state index is 0.104. The molecule has 1 aromatic carbocycles. The minimum atomic E-state index is -0.372. The molecule has 2 aromatic rings. The van der Waals surface area contributed by atoms with Crippen molar-refractivity contribution in [1.29, 1.82) is 10.5 Å². The maximum atomic E-state index is 8.44. The standard InChI is InChI=1S/C12H7N5O2/c13-6-10(7-14)16-18-8-11-15-12(17-19-11)9-4-2-1-3-5-9/h1-5H,8H2. The third kappa shape index (κ3) is 3.14. The first-order valence-corrected chi connectivity index (χ1v) is 5.21. The maximum absolute atomic E-state index is 8.44. The number of nitriles is 2. The van der Waals surface area contributed by atoms with Crippen molar-refractivity contribution in [2.45, 2.75) is 6.61 Å². The average molecular weight is 253 g/mol. The zero-order valence-electron chi connectivity index (χ0n) is 9.65. The summed E-state index contributed by atoms with van der Waals surface area (Å²) in [5.74, 6) is 0.641. The molecule has 0 radical (unpaired) electrons. The van der Waals surface area contributed by atoms with Crippen LogP contribution in [0.2, 0.25) is 0 Å². The summed E-state index contributed by atoms with van der Waals surface area (Å²) in [5, 5.41) is 24.0. The zero-order valence-corrected chi connectivity index (χ0v) is 9.65. The highest BCUT2D eigenvalue weighted by Gasteiger charge is 2.08. The Morgan fingerprint density at radius 2 is 2.00 bits per heavy atom. The summed E-state index contributed by atoms with van der Waals surface area (Å²) in [4.78, 5) is 8.85. The summed E-state index contributed by atoms with van der Waals surface area (Å²) in [6.45, 7) is -0.104. The van der Waals surface area contributed by atoms with Crippen LogP contribution in [0.5, 0.6) is 0 Å². The van der Waals surface area contributed by atoms with E-state index in [1.807, 2.05) is 30.3 Å². The Balaban J connectivity index is 2.02. The van der Waals surface area contributed by atoms with E-state index < -0.39 is 0 Å². The Labute approximate surface area is 108 Å². The number of benzene rings is 1. The second-order valence-corrected chi connectivity index (χ2v) is 3.31. The van der Waals surface area contributed by atoms with Crippen LogP contribution in [0, 0.1) is 22.7 Å². The van der Waals surface area contributed by atoms with E-state index in [0.29, 0.717) is 5.82 Å². The van der Waals surface area contributed by atoms with Crippen LogP contribution >= 0.6 is 0 Å². The number of hydrogen-bond acceptors (Lipinski definition) is 7. The van der Waals surface area contributed by atoms with Gasteiger partial charge in [0.15, 0.2) is 6.61 Å². The van der Waals surface area contributed by atoms with E-state index in [4.69, 9.17) is 19.9 Å². The van der Waals surface area contributed by atoms with Gasteiger partial charge in [-0.1, -0.05) is 40.6 Å². The van der Waals surface area contributed by atoms with Gasteiger partial charge >= 0.3 is 0 Å². The molecule has 92 valence electrons. The van der Waals surface area contributed by atoms with Crippen LogP contribution in [0.4, 0.5) is 0 Å². The number of hydrogen-bond donors (Lipinski definition) is 0. The van der Waals surface area contributed by atoms with E-state index in [0.717, 1.165) is 5.56 Å². The smallest absolute Gasteiger partial charge is 0.267 e. The Morgan fingerprint density at radius 1 is 1.26 bits per heavy atom. The fourth-order valence-electron chi connectivity index (χ4n) is 1.24. The average Bonchev–Trinajstić information content (AvgIpc) is 2.93. The van der Waals surface area contributed by atoms with Crippen LogP contribution < -0.4 is 0 Å². The predicted octanol–water partition coefficient (Wildman–Crippen LogP) is 1.66. The highest BCUT2D eigenvalue weighted by Crippen LogP contribution is 2.14. The molecule has 0 N–H and O–H groups in total. The van der Waals surface area contributed by atoms with Gasteiger partial charge in [-0.15, -0.1) is 0 Å². The Bertz CT molecular complexity index is 647. The third-order valence-corrected chi connectivity index (χ3v) is 2.06. The van der Waals surface area contributed by atoms with Crippen molar-refractivity contribution >= 4 is 5.71 Å². The van der Waals surface area contributed by atoms with Crippen LogP contribution in [-0.4, -0.2) is 15.9 Å². The van der Waals surface area contributed by atoms with Crippen molar-refractivity contribution in [2.24, 2.45) is 5.16 Å². The molecule has 0 saturated heterocycles. The van der Waals surface area contributed by atoms with Gasteiger partial charge in [0.2, 0.25) is 5.82 Å². The molecule has 0 saturated carbocycles. The molecule has 0 atom stereocenters. The van der Waals surface area contributed by atoms with Gasteiger partial charge in [-0.2, -0.15) is 15.5 Å². The Kier molecular flexibility index (Phi) is 3.84. The lowest BCUT2D eigenvalue weighted by atomic mass is 10.2. The molecule has 7 heteroatoms. The summed E-state index contributed by atoms with van der Waals surface area (Å²) in [6.07, 6.45) is 0. The molecule has 1 aromatic heterocycles. The molecule has 0 aliphatic carbocycles. The molecule has 2 rings (SSSR count). The molecular formula is C12H7N5O2. The van der Waals surface area contributed by atoms with Crippen molar-refractivity contribution in [3.8, 4) is 23.5 Å². The molecule has 0 bridgehead atoms. The van der Waals surface area contributed by atoms with Gasteiger partial charge in [-0.25, -0.2) is 0 Å². The summed E-state index contributed by atoms with van der Waals surface area (Å²) in [6, 6.07) is 12.4. The quantitative estimate of drug-likeness (QED) is 0.605. The first-order chi connectivity index (χ1) is 9.33. The Hall–Kier alpha value is -3.19. The summed E-state index contributed by atoms with van der Waals surface area (Å²) >= 11 is 0. The normalized spacial score (nSPS) is 9.16. The van der Waals surface area contributed by atoms with Crippen LogP contribution in [0.1, 0.15) is 5.89 Å². The largest absolute Gasteiger partial charge is 0.384 e. The zero-order chi connectivity index (χ0) is 13.5. The lowest BCUT2D eigenvalue weighted by molar-refractivity contribution is 0.106. The first kappa shape index (κ1) is 12.3. The van der Waals surface area contributed by atoms with E-state index in [1.165, 1.54) is 0 Å². The van der Waals surface area contributed by atoms with Gasteiger partial charge in [-0.3, -0.25) is 0 Å². The van der Waals surface area contributed by atoms with Crippen molar-refractivity contribution in [1.82, 2.24) is 10.1 Å². The van der Waals surface area contributed by atoms with Gasteiger partial charge in [0.25, 0.3) is 11.6 Å². The fourth-order valence-corrected chi connectivity index (χ4v) is 1.24. The molecule has 19 heavy (non-hydrogen) atoms. The number of rotatable bonds is 4. The van der Waals surface area contributed by atoms with Crippen LogP contribution in [0.25, 0.3) is 11.4 Å². The second-order valence-electron chi connectivity index (χ2n) is 3.31. The highest BCUT2D eigenvalue weighted by atomic mass is 16.6. The van der Waals surface area contributed by atoms with Crippen molar-refractivity contribution in [3.63, 3.8) is 0 Å². The summed E-state index contributed by atoms with van der Waals surface area (Å²) in [7, 11) is 0. The molecule has 0 spiro atoms. The van der Waals surface area contributed by atoms with Gasteiger partial charge in [0, 0.05) is 5.56 Å². The van der Waals surface area contributed by atoms with E-state index in [9.17, 15) is 0 Å². The lowest BCUT2D eigenvalue weighted by Gasteiger charge is -1.92. The van der Waals surface area contributed by atoms with Gasteiger partial charge in [0.1, 0.15) is 12.1 Å².